The number of aliphatic carboxylic acids is 1. The average molecular weight is 342 g/mol. The van der Waals surface area contributed by atoms with Crippen LogP contribution >= 0.6 is 15.9 Å². The van der Waals surface area contributed by atoms with Crippen LogP contribution in [-0.4, -0.2) is 29.6 Å². The Labute approximate surface area is 125 Å². The fraction of sp³-hybridized carbons (Fsp3) is 0.286. The van der Waals surface area contributed by atoms with Crippen molar-refractivity contribution in [1.29, 1.82) is 0 Å². The SMILES string of the molecule is C/C=C/CC(NC(=O)COc1ccccc1Br)C(=O)O. The smallest absolute Gasteiger partial charge is 0.326 e. The lowest BCUT2D eigenvalue weighted by atomic mass is 10.2. The summed E-state index contributed by atoms with van der Waals surface area (Å²) in [5.41, 5.74) is 0. The summed E-state index contributed by atoms with van der Waals surface area (Å²) < 4.78 is 6.05. The van der Waals surface area contributed by atoms with E-state index in [2.05, 4.69) is 21.2 Å². The summed E-state index contributed by atoms with van der Waals surface area (Å²) in [6.07, 6.45) is 3.67. The first-order chi connectivity index (χ1) is 9.54. The van der Waals surface area contributed by atoms with Crippen LogP contribution in [0.15, 0.2) is 40.9 Å². The van der Waals surface area contributed by atoms with Crippen molar-refractivity contribution in [1.82, 2.24) is 5.32 Å². The summed E-state index contributed by atoms with van der Waals surface area (Å²) in [7, 11) is 0. The Morgan fingerprint density at radius 3 is 2.75 bits per heavy atom. The summed E-state index contributed by atoms with van der Waals surface area (Å²) in [5.74, 6) is -1.02. The Balaban J connectivity index is 2.50. The van der Waals surface area contributed by atoms with Crippen molar-refractivity contribution in [2.75, 3.05) is 6.61 Å². The number of carboxylic acids is 1. The number of allylic oxidation sites excluding steroid dienone is 1. The third kappa shape index (κ3) is 5.44. The lowest BCUT2D eigenvalue weighted by molar-refractivity contribution is -0.142. The van der Waals surface area contributed by atoms with Gasteiger partial charge in [0.2, 0.25) is 0 Å². The highest BCUT2D eigenvalue weighted by molar-refractivity contribution is 9.10. The number of halogens is 1. The van der Waals surface area contributed by atoms with E-state index in [9.17, 15) is 9.59 Å². The number of hydrogen-bond donors (Lipinski definition) is 2. The predicted molar refractivity (Wildman–Crippen MR) is 78.6 cm³/mol. The first-order valence-corrected chi connectivity index (χ1v) is 6.84. The average Bonchev–Trinajstić information content (AvgIpc) is 2.42. The van der Waals surface area contributed by atoms with Crippen LogP contribution in [0.3, 0.4) is 0 Å². The molecule has 20 heavy (non-hydrogen) atoms. The maximum atomic E-state index is 11.7. The van der Waals surface area contributed by atoms with Crippen molar-refractivity contribution in [3.8, 4) is 5.75 Å². The van der Waals surface area contributed by atoms with Gasteiger partial charge < -0.3 is 15.2 Å². The maximum Gasteiger partial charge on any atom is 0.326 e. The van der Waals surface area contributed by atoms with Gasteiger partial charge in [-0.3, -0.25) is 4.79 Å². The number of amides is 1. The minimum absolute atomic E-state index is 0.234. The van der Waals surface area contributed by atoms with Crippen molar-refractivity contribution in [2.24, 2.45) is 0 Å². The van der Waals surface area contributed by atoms with Gasteiger partial charge in [-0.1, -0.05) is 24.3 Å². The Morgan fingerprint density at radius 2 is 2.15 bits per heavy atom. The summed E-state index contributed by atoms with van der Waals surface area (Å²) in [6.45, 7) is 1.55. The molecular formula is C14H16BrNO4. The molecule has 1 unspecified atom stereocenters. The van der Waals surface area contributed by atoms with Gasteiger partial charge in [0.1, 0.15) is 11.8 Å². The summed E-state index contributed by atoms with van der Waals surface area (Å²) in [5, 5.41) is 11.4. The number of hydrogen-bond acceptors (Lipinski definition) is 3. The van der Waals surface area contributed by atoms with Crippen LogP contribution in [0, 0.1) is 0 Å². The molecule has 5 nitrogen and oxygen atoms in total. The summed E-state index contributed by atoms with van der Waals surface area (Å²) >= 11 is 3.29. The van der Waals surface area contributed by atoms with Crippen LogP contribution in [-0.2, 0) is 9.59 Å². The fourth-order valence-corrected chi connectivity index (χ4v) is 1.83. The third-order valence-corrected chi connectivity index (χ3v) is 3.09. The zero-order chi connectivity index (χ0) is 15.0. The molecule has 0 aliphatic carbocycles. The van der Waals surface area contributed by atoms with Crippen LogP contribution < -0.4 is 10.1 Å². The highest BCUT2D eigenvalue weighted by Gasteiger charge is 2.18. The molecule has 108 valence electrons. The molecule has 1 aromatic carbocycles. The normalized spacial score (nSPS) is 12.1. The maximum absolute atomic E-state index is 11.7. The molecule has 6 heteroatoms. The lowest BCUT2D eigenvalue weighted by Gasteiger charge is -2.13. The van der Waals surface area contributed by atoms with E-state index in [0.29, 0.717) is 5.75 Å². The van der Waals surface area contributed by atoms with E-state index in [0.717, 1.165) is 4.47 Å². The second kappa shape index (κ2) is 8.37. The van der Waals surface area contributed by atoms with Gasteiger partial charge in [0.25, 0.3) is 5.91 Å². The summed E-state index contributed by atoms with van der Waals surface area (Å²) in [4.78, 5) is 22.6. The Morgan fingerprint density at radius 1 is 1.45 bits per heavy atom. The Hall–Kier alpha value is -1.82. The van der Waals surface area contributed by atoms with Crippen molar-refractivity contribution in [3.05, 3.63) is 40.9 Å². The molecule has 1 atom stereocenters. The van der Waals surface area contributed by atoms with E-state index in [1.807, 2.05) is 6.07 Å². The molecule has 0 aliphatic rings. The zero-order valence-electron chi connectivity index (χ0n) is 11.0. The number of rotatable bonds is 7. The van der Waals surface area contributed by atoms with Crippen molar-refractivity contribution in [2.45, 2.75) is 19.4 Å². The molecule has 0 radical (unpaired) electrons. The van der Waals surface area contributed by atoms with Gasteiger partial charge in [-0.25, -0.2) is 4.79 Å². The monoisotopic (exact) mass is 341 g/mol. The number of carbonyl (C=O) groups excluding carboxylic acids is 1. The summed E-state index contributed by atoms with van der Waals surface area (Å²) in [6, 6.07) is 6.17. The van der Waals surface area contributed by atoms with Crippen LogP contribution in [0.4, 0.5) is 0 Å². The molecular weight excluding hydrogens is 326 g/mol. The second-order valence-corrected chi connectivity index (χ2v) is 4.84. The van der Waals surface area contributed by atoms with Gasteiger partial charge in [-0.2, -0.15) is 0 Å². The molecule has 0 saturated carbocycles. The van der Waals surface area contributed by atoms with Crippen LogP contribution in [0.1, 0.15) is 13.3 Å². The van der Waals surface area contributed by atoms with E-state index in [-0.39, 0.29) is 13.0 Å². The number of para-hydroxylation sites is 1. The number of benzene rings is 1. The zero-order valence-corrected chi connectivity index (χ0v) is 12.6. The Kier molecular flexibility index (Phi) is 6.79. The van der Waals surface area contributed by atoms with Crippen LogP contribution in [0.2, 0.25) is 0 Å². The molecule has 1 aromatic rings. The number of nitrogens with one attached hydrogen (secondary N) is 1. The van der Waals surface area contributed by atoms with Crippen molar-refractivity contribution in [3.63, 3.8) is 0 Å². The van der Waals surface area contributed by atoms with Crippen molar-refractivity contribution >= 4 is 27.8 Å². The van der Waals surface area contributed by atoms with Crippen molar-refractivity contribution < 1.29 is 19.4 Å². The van der Waals surface area contributed by atoms with Crippen LogP contribution in [0.25, 0.3) is 0 Å². The molecule has 0 aromatic heterocycles. The topological polar surface area (TPSA) is 75.6 Å². The molecule has 1 amide bonds. The van der Waals surface area contributed by atoms with Gasteiger partial charge >= 0.3 is 5.97 Å². The lowest BCUT2D eigenvalue weighted by Crippen LogP contribution is -2.42. The van der Waals surface area contributed by atoms with Crippen LogP contribution in [0.5, 0.6) is 5.75 Å². The van der Waals surface area contributed by atoms with Gasteiger partial charge in [-0.15, -0.1) is 0 Å². The number of carboxylic acid groups (broad SMARTS) is 1. The van der Waals surface area contributed by atoms with E-state index >= 15 is 0 Å². The highest BCUT2D eigenvalue weighted by Crippen LogP contribution is 2.23. The molecule has 1 rings (SSSR count). The minimum atomic E-state index is -1.07. The largest absolute Gasteiger partial charge is 0.483 e. The van der Waals surface area contributed by atoms with E-state index in [1.165, 1.54) is 0 Å². The molecule has 0 heterocycles. The number of ether oxygens (including phenoxy) is 1. The molecule has 0 bridgehead atoms. The predicted octanol–water partition coefficient (Wildman–Crippen LogP) is 2.36. The Bertz CT molecular complexity index is 502. The number of carbonyl (C=O) groups is 2. The van der Waals surface area contributed by atoms with Gasteiger partial charge in [0.05, 0.1) is 4.47 Å². The van der Waals surface area contributed by atoms with Gasteiger partial charge in [-0.05, 0) is 41.4 Å². The molecule has 2 N–H and O–H groups in total. The standard InChI is InChI=1S/C14H16BrNO4/c1-2-3-7-11(14(18)19)16-13(17)9-20-12-8-5-4-6-10(12)15/h2-6,8,11H,7,9H2,1H3,(H,16,17)(H,18,19)/b3-2+. The third-order valence-electron chi connectivity index (χ3n) is 2.44. The molecule has 0 saturated heterocycles. The molecule has 0 spiro atoms. The van der Waals surface area contributed by atoms with E-state index in [4.69, 9.17) is 9.84 Å². The van der Waals surface area contributed by atoms with Gasteiger partial charge in [0, 0.05) is 0 Å². The van der Waals surface area contributed by atoms with E-state index < -0.39 is 17.9 Å². The quantitative estimate of drug-likeness (QED) is 0.746. The minimum Gasteiger partial charge on any atom is -0.483 e. The second-order valence-electron chi connectivity index (χ2n) is 3.98. The first kappa shape index (κ1) is 16.2. The fourth-order valence-electron chi connectivity index (χ4n) is 1.43. The molecule has 0 aliphatic heterocycles. The molecule has 0 fully saturated rings. The van der Waals surface area contributed by atoms with E-state index in [1.54, 1.807) is 37.3 Å². The highest BCUT2D eigenvalue weighted by atomic mass is 79.9. The first-order valence-electron chi connectivity index (χ1n) is 6.05. The van der Waals surface area contributed by atoms with Gasteiger partial charge in [0.15, 0.2) is 6.61 Å².